The Kier molecular flexibility index (Phi) is 6.63. The smallest absolute Gasteiger partial charge is 0.258 e. The molecular weight excluding hydrogens is 456 g/mol. The number of thiazole rings is 1. The van der Waals surface area contributed by atoms with Crippen LogP contribution in [0.3, 0.4) is 0 Å². The highest BCUT2D eigenvalue weighted by atomic mass is 32.2. The van der Waals surface area contributed by atoms with Gasteiger partial charge in [0.05, 0.1) is 19.3 Å². The third-order valence-electron chi connectivity index (χ3n) is 5.90. The van der Waals surface area contributed by atoms with Gasteiger partial charge in [0.25, 0.3) is 5.56 Å². The number of methoxy groups -OCH3 is 1. The van der Waals surface area contributed by atoms with Crippen LogP contribution < -0.4 is 15.6 Å². The van der Waals surface area contributed by atoms with Gasteiger partial charge in [-0.2, -0.15) is 0 Å². The maximum atomic E-state index is 12.3. The molecule has 1 aliphatic carbocycles. The fourth-order valence-electron chi connectivity index (χ4n) is 4.25. The Balaban J connectivity index is 1.36. The van der Waals surface area contributed by atoms with Crippen LogP contribution in [0.1, 0.15) is 49.7 Å². The third kappa shape index (κ3) is 4.91. The van der Waals surface area contributed by atoms with E-state index >= 15 is 0 Å². The molecule has 0 aliphatic heterocycles. The van der Waals surface area contributed by atoms with Gasteiger partial charge in [0, 0.05) is 41.2 Å². The van der Waals surface area contributed by atoms with E-state index in [2.05, 4.69) is 25.1 Å². The van der Waals surface area contributed by atoms with Crippen molar-refractivity contribution in [3.05, 3.63) is 63.8 Å². The van der Waals surface area contributed by atoms with E-state index in [1.807, 2.05) is 29.6 Å². The maximum Gasteiger partial charge on any atom is 0.258 e. The van der Waals surface area contributed by atoms with Crippen molar-refractivity contribution in [3.63, 3.8) is 0 Å². The molecule has 0 spiro atoms. The number of benzene rings is 1. The minimum Gasteiger partial charge on any atom is -0.497 e. The van der Waals surface area contributed by atoms with E-state index in [4.69, 9.17) is 4.74 Å². The molecule has 0 atom stereocenters. The largest absolute Gasteiger partial charge is 0.497 e. The second kappa shape index (κ2) is 9.96. The first-order chi connectivity index (χ1) is 16.2. The molecule has 1 aromatic carbocycles. The highest BCUT2D eigenvalue weighted by Gasteiger charge is 2.23. The summed E-state index contributed by atoms with van der Waals surface area (Å²) in [4.78, 5) is 17.7. The molecule has 3 heterocycles. The normalized spacial score (nSPS) is 14.6. The molecule has 1 aliphatic rings. The predicted molar refractivity (Wildman–Crippen MR) is 131 cm³/mol. The number of hydrogen-bond acceptors (Lipinski definition) is 8. The Morgan fingerprint density at radius 1 is 1.21 bits per heavy atom. The zero-order valence-electron chi connectivity index (χ0n) is 18.4. The number of hydrogen-bond donors (Lipinski definition) is 1. The molecule has 33 heavy (non-hydrogen) atoms. The molecule has 0 radical (unpaired) electrons. The Hall–Kier alpha value is -2.85. The summed E-state index contributed by atoms with van der Waals surface area (Å²) in [5, 5.41) is 15.3. The van der Waals surface area contributed by atoms with Crippen molar-refractivity contribution in [3.8, 4) is 5.75 Å². The van der Waals surface area contributed by atoms with Gasteiger partial charge >= 0.3 is 0 Å². The van der Waals surface area contributed by atoms with E-state index < -0.39 is 0 Å². The van der Waals surface area contributed by atoms with Crippen LogP contribution in [0.15, 0.2) is 51.9 Å². The lowest BCUT2D eigenvalue weighted by molar-refractivity contribution is 0.330. The molecule has 1 fully saturated rings. The molecule has 1 saturated carbocycles. The Morgan fingerprint density at radius 3 is 2.94 bits per heavy atom. The molecular formula is C23H26N6O2S2. The quantitative estimate of drug-likeness (QED) is 0.362. The van der Waals surface area contributed by atoms with Gasteiger partial charge in [-0.3, -0.25) is 9.20 Å². The summed E-state index contributed by atoms with van der Waals surface area (Å²) in [5.74, 6) is 2.32. The summed E-state index contributed by atoms with van der Waals surface area (Å²) in [5.41, 5.74) is 1.70. The number of fused-ring (bicyclic) bond motifs is 1. The van der Waals surface area contributed by atoms with Gasteiger partial charge in [0.15, 0.2) is 15.9 Å². The Labute approximate surface area is 200 Å². The fourth-order valence-corrected chi connectivity index (χ4v) is 5.90. The highest BCUT2D eigenvalue weighted by Crippen LogP contribution is 2.33. The second-order valence-electron chi connectivity index (χ2n) is 8.08. The van der Waals surface area contributed by atoms with Crippen molar-refractivity contribution < 1.29 is 4.74 Å². The van der Waals surface area contributed by atoms with Gasteiger partial charge in [-0.15, -0.1) is 21.5 Å². The highest BCUT2D eigenvalue weighted by molar-refractivity contribution is 7.98. The average molecular weight is 483 g/mol. The summed E-state index contributed by atoms with van der Waals surface area (Å²) in [6.07, 6.45) is 7.77. The van der Waals surface area contributed by atoms with Gasteiger partial charge in [-0.1, -0.05) is 37.1 Å². The van der Waals surface area contributed by atoms with Gasteiger partial charge in [0.1, 0.15) is 5.75 Å². The van der Waals surface area contributed by atoms with Crippen molar-refractivity contribution in [1.29, 1.82) is 0 Å². The SMILES string of the molecule is COc1cccc(NCc2nnc(SCc3cc(=O)n4ccsc4n3)n2C2CCCCC2)c1. The van der Waals surface area contributed by atoms with E-state index in [1.165, 1.54) is 30.6 Å². The number of thioether (sulfide) groups is 1. The van der Waals surface area contributed by atoms with Crippen LogP contribution in [-0.4, -0.2) is 31.3 Å². The van der Waals surface area contributed by atoms with E-state index in [0.717, 1.165) is 45.9 Å². The molecule has 10 heteroatoms. The molecule has 0 saturated heterocycles. The lowest BCUT2D eigenvalue weighted by Gasteiger charge is -2.25. The molecule has 8 nitrogen and oxygen atoms in total. The molecule has 0 amide bonds. The van der Waals surface area contributed by atoms with Crippen molar-refractivity contribution in [2.75, 3.05) is 12.4 Å². The van der Waals surface area contributed by atoms with Gasteiger partial charge < -0.3 is 14.6 Å². The monoisotopic (exact) mass is 482 g/mol. The van der Waals surface area contributed by atoms with E-state index in [0.29, 0.717) is 18.3 Å². The number of nitrogens with zero attached hydrogens (tertiary/aromatic N) is 5. The fraction of sp³-hybridized carbons (Fsp3) is 0.391. The summed E-state index contributed by atoms with van der Waals surface area (Å²) in [6, 6.07) is 9.90. The minimum atomic E-state index is -0.0474. The molecule has 5 rings (SSSR count). The second-order valence-corrected chi connectivity index (χ2v) is 9.89. The zero-order valence-corrected chi connectivity index (χ0v) is 20.1. The Bertz CT molecular complexity index is 1290. The van der Waals surface area contributed by atoms with E-state index in [1.54, 1.807) is 35.5 Å². The number of nitrogens with one attached hydrogen (secondary N) is 1. The predicted octanol–water partition coefficient (Wildman–Crippen LogP) is 4.77. The molecule has 172 valence electrons. The van der Waals surface area contributed by atoms with Crippen LogP contribution in [0.2, 0.25) is 0 Å². The first-order valence-corrected chi connectivity index (χ1v) is 13.0. The number of aromatic nitrogens is 5. The van der Waals surface area contributed by atoms with Crippen LogP contribution in [0, 0.1) is 0 Å². The third-order valence-corrected chi connectivity index (χ3v) is 7.63. The summed E-state index contributed by atoms with van der Waals surface area (Å²) < 4.78 is 9.20. The summed E-state index contributed by atoms with van der Waals surface area (Å²) in [6.45, 7) is 0.581. The first kappa shape index (κ1) is 22.0. The topological polar surface area (TPSA) is 86.3 Å². The first-order valence-electron chi connectivity index (χ1n) is 11.1. The number of anilines is 1. The number of ether oxygens (including phenoxy) is 1. The van der Waals surface area contributed by atoms with Crippen molar-refractivity contribution in [2.24, 2.45) is 0 Å². The van der Waals surface area contributed by atoms with Crippen LogP contribution in [-0.2, 0) is 12.3 Å². The Morgan fingerprint density at radius 2 is 2.09 bits per heavy atom. The molecule has 3 aromatic heterocycles. The maximum absolute atomic E-state index is 12.3. The van der Waals surface area contributed by atoms with Crippen LogP contribution in [0.4, 0.5) is 5.69 Å². The van der Waals surface area contributed by atoms with Crippen molar-refractivity contribution in [2.45, 2.75) is 55.6 Å². The average Bonchev–Trinajstić information content (AvgIpc) is 3.49. The molecule has 1 N–H and O–H groups in total. The standard InChI is InChI=1S/C23H26N6O2S2/c1-31-19-9-5-6-16(12-19)24-14-20-26-27-23(29(20)18-7-3-2-4-8-18)33-15-17-13-21(30)28-10-11-32-22(28)25-17/h5-6,9-13,18,24H,2-4,7-8,14-15H2,1H3. The lowest BCUT2D eigenvalue weighted by atomic mass is 9.95. The number of rotatable bonds is 8. The summed E-state index contributed by atoms with van der Waals surface area (Å²) >= 11 is 3.06. The van der Waals surface area contributed by atoms with Gasteiger partial charge in [-0.25, -0.2) is 4.98 Å². The van der Waals surface area contributed by atoms with E-state index in [-0.39, 0.29) is 5.56 Å². The summed E-state index contributed by atoms with van der Waals surface area (Å²) in [7, 11) is 1.67. The molecule has 0 bridgehead atoms. The lowest BCUT2D eigenvalue weighted by Crippen LogP contribution is -2.18. The zero-order chi connectivity index (χ0) is 22.6. The van der Waals surface area contributed by atoms with Crippen molar-refractivity contribution in [1.82, 2.24) is 24.1 Å². The van der Waals surface area contributed by atoms with Crippen LogP contribution in [0.25, 0.3) is 4.96 Å². The minimum absolute atomic E-state index is 0.0474. The molecule has 0 unspecified atom stereocenters. The van der Waals surface area contributed by atoms with Gasteiger partial charge in [0.2, 0.25) is 0 Å². The van der Waals surface area contributed by atoms with Gasteiger partial charge in [-0.05, 0) is 25.0 Å². The van der Waals surface area contributed by atoms with Crippen molar-refractivity contribution >= 4 is 33.7 Å². The van der Waals surface area contributed by atoms with Crippen LogP contribution in [0.5, 0.6) is 5.75 Å². The van der Waals surface area contributed by atoms with E-state index in [9.17, 15) is 4.79 Å². The van der Waals surface area contributed by atoms with Crippen LogP contribution >= 0.6 is 23.1 Å². The molecule has 4 aromatic rings.